The quantitative estimate of drug-likeness (QED) is 0.765. The van der Waals surface area contributed by atoms with Crippen LogP contribution in [0.5, 0.6) is 11.5 Å². The zero-order valence-corrected chi connectivity index (χ0v) is 12.0. The van der Waals surface area contributed by atoms with Gasteiger partial charge in [-0.2, -0.15) is 0 Å². The molecule has 106 valence electrons. The van der Waals surface area contributed by atoms with Crippen LogP contribution in [-0.2, 0) is 0 Å². The number of para-hydroxylation sites is 2. The van der Waals surface area contributed by atoms with E-state index in [0.717, 1.165) is 18.0 Å². The van der Waals surface area contributed by atoms with Gasteiger partial charge in [0.15, 0.2) is 11.5 Å². The molecule has 2 unspecified atom stereocenters. The Kier molecular flexibility index (Phi) is 5.52. The van der Waals surface area contributed by atoms with Crippen LogP contribution in [0.3, 0.4) is 0 Å². The second-order valence-electron chi connectivity index (χ2n) is 5.30. The second-order valence-corrected chi connectivity index (χ2v) is 5.30. The number of hydrogen-bond acceptors (Lipinski definition) is 3. The molecule has 1 N–H and O–H groups in total. The number of unbranched alkanes of at least 4 members (excludes halogenated alkanes) is 2. The van der Waals surface area contributed by atoms with Crippen LogP contribution in [0, 0.1) is 0 Å². The van der Waals surface area contributed by atoms with E-state index in [-0.39, 0.29) is 6.10 Å². The predicted molar refractivity (Wildman–Crippen MR) is 78.0 cm³/mol. The molecule has 0 amide bonds. The average Bonchev–Trinajstić information content (AvgIpc) is 2.45. The molecule has 0 aliphatic carbocycles. The summed E-state index contributed by atoms with van der Waals surface area (Å²) in [5, 5.41) is 3.54. The minimum atomic E-state index is 0.114. The van der Waals surface area contributed by atoms with Gasteiger partial charge < -0.3 is 14.8 Å². The molecular weight excluding hydrogens is 238 g/mol. The van der Waals surface area contributed by atoms with Crippen molar-refractivity contribution in [3.05, 3.63) is 24.3 Å². The summed E-state index contributed by atoms with van der Waals surface area (Å²) < 4.78 is 11.6. The minimum Gasteiger partial charge on any atom is -0.486 e. The van der Waals surface area contributed by atoms with Crippen LogP contribution in [-0.4, -0.2) is 25.3 Å². The molecule has 0 spiro atoms. The fourth-order valence-electron chi connectivity index (χ4n) is 2.30. The molecule has 1 aromatic rings. The standard InChI is InChI=1S/C16H25NO2/c1-3-4-5-8-13(2)17-11-14-12-18-15-9-6-7-10-16(15)19-14/h6-7,9-10,13-14,17H,3-5,8,11-12H2,1-2H3. The van der Waals surface area contributed by atoms with Crippen molar-refractivity contribution >= 4 is 0 Å². The summed E-state index contributed by atoms with van der Waals surface area (Å²) in [6, 6.07) is 8.41. The molecule has 0 fully saturated rings. The van der Waals surface area contributed by atoms with E-state index in [2.05, 4.69) is 19.2 Å². The van der Waals surface area contributed by atoms with Gasteiger partial charge in [0.25, 0.3) is 0 Å². The summed E-state index contributed by atoms with van der Waals surface area (Å²) in [6.07, 6.45) is 5.25. The van der Waals surface area contributed by atoms with E-state index < -0.39 is 0 Å². The van der Waals surface area contributed by atoms with Crippen LogP contribution in [0.1, 0.15) is 39.5 Å². The third-order valence-corrected chi connectivity index (χ3v) is 3.50. The molecule has 0 bridgehead atoms. The zero-order valence-electron chi connectivity index (χ0n) is 12.0. The largest absolute Gasteiger partial charge is 0.486 e. The lowest BCUT2D eigenvalue weighted by molar-refractivity contribution is 0.0883. The monoisotopic (exact) mass is 263 g/mol. The molecule has 19 heavy (non-hydrogen) atoms. The Morgan fingerprint density at radius 2 is 2.05 bits per heavy atom. The number of hydrogen-bond donors (Lipinski definition) is 1. The van der Waals surface area contributed by atoms with Crippen molar-refractivity contribution in [2.24, 2.45) is 0 Å². The third kappa shape index (κ3) is 4.43. The Hall–Kier alpha value is -1.22. The molecule has 0 radical (unpaired) electrons. The summed E-state index contributed by atoms with van der Waals surface area (Å²) >= 11 is 0. The van der Waals surface area contributed by atoms with Gasteiger partial charge in [-0.1, -0.05) is 38.3 Å². The maximum absolute atomic E-state index is 5.92. The van der Waals surface area contributed by atoms with Gasteiger partial charge in [-0.25, -0.2) is 0 Å². The molecule has 0 saturated carbocycles. The summed E-state index contributed by atoms with van der Waals surface area (Å²) in [6.45, 7) is 5.96. The first kappa shape index (κ1) is 14.2. The first-order valence-electron chi connectivity index (χ1n) is 7.41. The van der Waals surface area contributed by atoms with Gasteiger partial charge in [0.1, 0.15) is 12.7 Å². The van der Waals surface area contributed by atoms with E-state index in [0.29, 0.717) is 12.6 Å². The molecule has 2 atom stereocenters. The van der Waals surface area contributed by atoms with Crippen molar-refractivity contribution in [1.82, 2.24) is 5.32 Å². The lowest BCUT2D eigenvalue weighted by Gasteiger charge is -2.27. The van der Waals surface area contributed by atoms with E-state index in [4.69, 9.17) is 9.47 Å². The second kappa shape index (κ2) is 7.39. The van der Waals surface area contributed by atoms with Crippen LogP contribution in [0.2, 0.25) is 0 Å². The predicted octanol–water partition coefficient (Wildman–Crippen LogP) is 3.38. The van der Waals surface area contributed by atoms with Gasteiger partial charge in [0.05, 0.1) is 0 Å². The molecule has 1 heterocycles. The minimum absolute atomic E-state index is 0.114. The Bertz CT molecular complexity index is 381. The van der Waals surface area contributed by atoms with Gasteiger partial charge in [-0.15, -0.1) is 0 Å². The number of nitrogens with one attached hydrogen (secondary N) is 1. The molecule has 0 saturated heterocycles. The van der Waals surface area contributed by atoms with Gasteiger partial charge in [0, 0.05) is 12.6 Å². The highest BCUT2D eigenvalue weighted by Crippen LogP contribution is 2.30. The van der Waals surface area contributed by atoms with Crippen molar-refractivity contribution in [1.29, 1.82) is 0 Å². The third-order valence-electron chi connectivity index (χ3n) is 3.50. The van der Waals surface area contributed by atoms with Crippen molar-refractivity contribution in [3.8, 4) is 11.5 Å². The highest BCUT2D eigenvalue weighted by molar-refractivity contribution is 5.40. The highest BCUT2D eigenvalue weighted by Gasteiger charge is 2.20. The van der Waals surface area contributed by atoms with Crippen LogP contribution in [0.15, 0.2) is 24.3 Å². The molecule has 0 aromatic heterocycles. The number of rotatable bonds is 7. The summed E-state index contributed by atoms with van der Waals surface area (Å²) in [5.74, 6) is 1.72. The smallest absolute Gasteiger partial charge is 0.161 e. The van der Waals surface area contributed by atoms with Crippen molar-refractivity contribution in [2.75, 3.05) is 13.2 Å². The molecular formula is C16H25NO2. The summed E-state index contributed by atoms with van der Waals surface area (Å²) in [5.41, 5.74) is 0. The van der Waals surface area contributed by atoms with Crippen molar-refractivity contribution < 1.29 is 9.47 Å². The fourth-order valence-corrected chi connectivity index (χ4v) is 2.30. The molecule has 2 rings (SSSR count). The van der Waals surface area contributed by atoms with Gasteiger partial charge in [-0.3, -0.25) is 0 Å². The number of benzene rings is 1. The molecule has 3 nitrogen and oxygen atoms in total. The summed E-state index contributed by atoms with van der Waals surface area (Å²) in [4.78, 5) is 0. The lowest BCUT2D eigenvalue weighted by Crippen LogP contribution is -2.41. The zero-order chi connectivity index (χ0) is 13.5. The van der Waals surface area contributed by atoms with Gasteiger partial charge >= 0.3 is 0 Å². The van der Waals surface area contributed by atoms with E-state index >= 15 is 0 Å². The topological polar surface area (TPSA) is 30.5 Å². The maximum atomic E-state index is 5.92. The van der Waals surface area contributed by atoms with E-state index in [1.165, 1.54) is 25.7 Å². The van der Waals surface area contributed by atoms with E-state index in [1.54, 1.807) is 0 Å². The van der Waals surface area contributed by atoms with Crippen molar-refractivity contribution in [3.63, 3.8) is 0 Å². The van der Waals surface area contributed by atoms with Crippen LogP contribution in [0.4, 0.5) is 0 Å². The van der Waals surface area contributed by atoms with Gasteiger partial charge in [0.2, 0.25) is 0 Å². The Morgan fingerprint density at radius 1 is 1.26 bits per heavy atom. The van der Waals surface area contributed by atoms with Gasteiger partial charge in [-0.05, 0) is 25.5 Å². The maximum Gasteiger partial charge on any atom is 0.161 e. The van der Waals surface area contributed by atoms with Crippen LogP contribution < -0.4 is 14.8 Å². The summed E-state index contributed by atoms with van der Waals surface area (Å²) in [7, 11) is 0. The Labute approximate surface area is 116 Å². The molecule has 1 aliphatic rings. The number of ether oxygens (including phenoxy) is 2. The first-order chi connectivity index (χ1) is 9.29. The highest BCUT2D eigenvalue weighted by atomic mass is 16.6. The average molecular weight is 263 g/mol. The normalized spacial score (nSPS) is 19.2. The van der Waals surface area contributed by atoms with Crippen LogP contribution >= 0.6 is 0 Å². The number of fused-ring (bicyclic) bond motifs is 1. The Balaban J connectivity index is 1.70. The fraction of sp³-hybridized carbons (Fsp3) is 0.625. The Morgan fingerprint density at radius 3 is 2.84 bits per heavy atom. The molecule has 3 heteroatoms. The molecule has 1 aliphatic heterocycles. The SMILES string of the molecule is CCCCCC(C)NCC1COc2ccccc2O1. The first-order valence-corrected chi connectivity index (χ1v) is 7.41. The van der Waals surface area contributed by atoms with E-state index in [9.17, 15) is 0 Å². The lowest BCUT2D eigenvalue weighted by atomic mass is 10.1. The molecule has 1 aromatic carbocycles. The van der Waals surface area contributed by atoms with Crippen LogP contribution in [0.25, 0.3) is 0 Å². The van der Waals surface area contributed by atoms with Crippen molar-refractivity contribution in [2.45, 2.75) is 51.7 Å². The van der Waals surface area contributed by atoms with E-state index in [1.807, 2.05) is 24.3 Å².